The monoisotopic (exact) mass is 307 g/mol. The largest absolute Gasteiger partial charge is 0.308 e. The van der Waals surface area contributed by atoms with E-state index in [0.29, 0.717) is 10.8 Å². The van der Waals surface area contributed by atoms with Crippen LogP contribution in [0.5, 0.6) is 0 Å². The molecule has 0 aliphatic carbocycles. The Kier molecular flexibility index (Phi) is 3.48. The first kappa shape index (κ1) is 13.5. The summed E-state index contributed by atoms with van der Waals surface area (Å²) in [5.41, 5.74) is 3.07. The van der Waals surface area contributed by atoms with E-state index in [9.17, 15) is 4.79 Å². The van der Waals surface area contributed by atoms with E-state index in [1.807, 2.05) is 38.1 Å². The Hall–Kier alpha value is -1.46. The Morgan fingerprint density at radius 1 is 1.40 bits per heavy atom. The lowest BCUT2D eigenvalue weighted by molar-refractivity contribution is -0.115. The molecule has 2 N–H and O–H groups in total. The number of hydrogen-bond donors (Lipinski definition) is 2. The van der Waals surface area contributed by atoms with Crippen molar-refractivity contribution in [1.29, 1.82) is 0 Å². The number of benzene rings is 1. The standard InChI is InChI=1S/C14H14ClN3OS/c1-7-11-12(9-4-3-5-10(15)6-9)20-8(2)14(19)16-13(11)18-17-7/h3-6,8,12H,1-2H3,(H2,16,17,18,19)/t8-,12+/m0/s1. The lowest BCUT2D eigenvalue weighted by Gasteiger charge is -2.17. The maximum absolute atomic E-state index is 12.0. The topological polar surface area (TPSA) is 57.8 Å². The van der Waals surface area contributed by atoms with Gasteiger partial charge in [-0.2, -0.15) is 5.10 Å². The Morgan fingerprint density at radius 2 is 2.20 bits per heavy atom. The summed E-state index contributed by atoms with van der Waals surface area (Å²) < 4.78 is 0. The number of rotatable bonds is 1. The van der Waals surface area contributed by atoms with Crippen LogP contribution in [0.4, 0.5) is 5.82 Å². The third kappa shape index (κ3) is 2.31. The lowest BCUT2D eigenvalue weighted by Crippen LogP contribution is -2.21. The molecule has 1 aliphatic heterocycles. The highest BCUT2D eigenvalue weighted by Gasteiger charge is 2.32. The van der Waals surface area contributed by atoms with Crippen molar-refractivity contribution in [2.45, 2.75) is 24.3 Å². The van der Waals surface area contributed by atoms with E-state index in [2.05, 4.69) is 15.5 Å². The second-order valence-corrected chi connectivity index (χ2v) is 6.70. The summed E-state index contributed by atoms with van der Waals surface area (Å²) in [6, 6.07) is 7.75. The molecule has 2 atom stereocenters. The zero-order valence-corrected chi connectivity index (χ0v) is 12.7. The minimum atomic E-state index is -0.146. The maximum atomic E-state index is 12.0. The van der Waals surface area contributed by atoms with Gasteiger partial charge >= 0.3 is 0 Å². The van der Waals surface area contributed by atoms with Gasteiger partial charge in [-0.3, -0.25) is 9.89 Å². The molecule has 3 rings (SSSR count). The Labute approximate surface area is 126 Å². The highest BCUT2D eigenvalue weighted by atomic mass is 35.5. The van der Waals surface area contributed by atoms with E-state index < -0.39 is 0 Å². The van der Waals surface area contributed by atoms with Gasteiger partial charge in [0.15, 0.2) is 5.82 Å². The van der Waals surface area contributed by atoms with Crippen LogP contribution in [0.3, 0.4) is 0 Å². The second-order valence-electron chi connectivity index (χ2n) is 4.81. The number of thioether (sulfide) groups is 1. The van der Waals surface area contributed by atoms with Gasteiger partial charge in [-0.25, -0.2) is 0 Å². The molecule has 2 heterocycles. The molecular formula is C14H14ClN3OS. The number of anilines is 1. The Morgan fingerprint density at radius 3 is 2.95 bits per heavy atom. The first-order chi connectivity index (χ1) is 9.56. The number of aromatic nitrogens is 2. The zero-order chi connectivity index (χ0) is 14.3. The van der Waals surface area contributed by atoms with E-state index in [0.717, 1.165) is 16.8 Å². The van der Waals surface area contributed by atoms with Gasteiger partial charge in [-0.1, -0.05) is 23.7 Å². The zero-order valence-electron chi connectivity index (χ0n) is 11.1. The quantitative estimate of drug-likeness (QED) is 0.847. The van der Waals surface area contributed by atoms with Gasteiger partial charge < -0.3 is 5.32 Å². The average Bonchev–Trinajstić information content (AvgIpc) is 2.70. The molecule has 0 fully saturated rings. The van der Waals surface area contributed by atoms with Gasteiger partial charge in [0.1, 0.15) is 0 Å². The van der Waals surface area contributed by atoms with Crippen LogP contribution in [0.1, 0.15) is 29.0 Å². The smallest absolute Gasteiger partial charge is 0.238 e. The van der Waals surface area contributed by atoms with E-state index in [-0.39, 0.29) is 16.4 Å². The van der Waals surface area contributed by atoms with Crippen molar-refractivity contribution in [3.63, 3.8) is 0 Å². The third-order valence-corrected chi connectivity index (χ3v) is 5.00. The highest BCUT2D eigenvalue weighted by Crippen LogP contribution is 2.44. The summed E-state index contributed by atoms with van der Waals surface area (Å²) >= 11 is 7.70. The first-order valence-electron chi connectivity index (χ1n) is 6.33. The van der Waals surface area contributed by atoms with Crippen molar-refractivity contribution in [2.24, 2.45) is 0 Å². The molecule has 0 saturated heterocycles. The summed E-state index contributed by atoms with van der Waals surface area (Å²) in [5, 5.41) is 10.6. The van der Waals surface area contributed by atoms with Gasteiger partial charge in [0.05, 0.1) is 10.5 Å². The molecule has 1 aromatic heterocycles. The second kappa shape index (κ2) is 5.14. The summed E-state index contributed by atoms with van der Waals surface area (Å²) in [4.78, 5) is 12.0. The molecule has 1 aliphatic rings. The molecule has 1 amide bonds. The van der Waals surface area contributed by atoms with Crippen molar-refractivity contribution in [2.75, 3.05) is 5.32 Å². The normalized spacial score (nSPS) is 22.1. The SMILES string of the molecule is Cc1[nH]nc2c1[C@@H](c1cccc(Cl)c1)S[C@@H](C)C(=O)N2. The molecule has 4 nitrogen and oxygen atoms in total. The molecule has 1 aromatic carbocycles. The molecular weight excluding hydrogens is 294 g/mol. The number of nitrogens with one attached hydrogen (secondary N) is 2. The Bertz CT molecular complexity index is 670. The molecule has 6 heteroatoms. The molecule has 0 unspecified atom stereocenters. The van der Waals surface area contributed by atoms with Crippen LogP contribution >= 0.6 is 23.4 Å². The number of carbonyl (C=O) groups excluding carboxylic acids is 1. The molecule has 2 aromatic rings. The maximum Gasteiger partial charge on any atom is 0.238 e. The van der Waals surface area contributed by atoms with Crippen LogP contribution in [0.2, 0.25) is 5.02 Å². The number of aryl methyl sites for hydroxylation is 1. The van der Waals surface area contributed by atoms with Crippen LogP contribution in [-0.4, -0.2) is 21.4 Å². The van der Waals surface area contributed by atoms with E-state index in [1.54, 1.807) is 11.8 Å². The molecule has 104 valence electrons. The van der Waals surface area contributed by atoms with Crippen molar-refractivity contribution in [1.82, 2.24) is 10.2 Å². The van der Waals surface area contributed by atoms with E-state index in [1.165, 1.54) is 0 Å². The molecule has 0 spiro atoms. The predicted molar refractivity (Wildman–Crippen MR) is 82.3 cm³/mol. The van der Waals surface area contributed by atoms with Crippen molar-refractivity contribution in [3.8, 4) is 0 Å². The number of carbonyl (C=O) groups is 1. The van der Waals surface area contributed by atoms with Gasteiger partial charge in [-0.05, 0) is 31.5 Å². The van der Waals surface area contributed by atoms with Crippen LogP contribution < -0.4 is 5.32 Å². The fraction of sp³-hybridized carbons (Fsp3) is 0.286. The van der Waals surface area contributed by atoms with Gasteiger partial charge in [0.2, 0.25) is 5.91 Å². The van der Waals surface area contributed by atoms with Gasteiger partial charge in [-0.15, -0.1) is 11.8 Å². The fourth-order valence-electron chi connectivity index (χ4n) is 2.32. The van der Waals surface area contributed by atoms with Crippen molar-refractivity contribution < 1.29 is 4.79 Å². The summed E-state index contributed by atoms with van der Waals surface area (Å²) in [6.45, 7) is 3.87. The number of H-pyrrole nitrogens is 1. The molecule has 0 bridgehead atoms. The highest BCUT2D eigenvalue weighted by molar-refractivity contribution is 8.01. The lowest BCUT2D eigenvalue weighted by atomic mass is 10.0. The number of amides is 1. The van der Waals surface area contributed by atoms with E-state index >= 15 is 0 Å². The summed E-state index contributed by atoms with van der Waals surface area (Å²) in [7, 11) is 0. The van der Waals surface area contributed by atoms with Crippen LogP contribution in [0, 0.1) is 6.92 Å². The van der Waals surface area contributed by atoms with Crippen LogP contribution in [0.25, 0.3) is 0 Å². The van der Waals surface area contributed by atoms with Crippen LogP contribution in [0.15, 0.2) is 24.3 Å². The first-order valence-corrected chi connectivity index (χ1v) is 7.65. The minimum Gasteiger partial charge on any atom is -0.308 e. The fourth-order valence-corrected chi connectivity index (χ4v) is 3.84. The third-order valence-electron chi connectivity index (χ3n) is 3.36. The number of aromatic amines is 1. The minimum absolute atomic E-state index is 0.0210. The molecule has 0 radical (unpaired) electrons. The number of nitrogens with zero attached hydrogens (tertiary/aromatic N) is 1. The van der Waals surface area contributed by atoms with Gasteiger partial charge in [0.25, 0.3) is 0 Å². The summed E-state index contributed by atoms with van der Waals surface area (Å²) in [6.07, 6.45) is 0. The van der Waals surface area contributed by atoms with Crippen LogP contribution in [-0.2, 0) is 4.79 Å². The van der Waals surface area contributed by atoms with Gasteiger partial charge in [0, 0.05) is 16.3 Å². The predicted octanol–water partition coefficient (Wildman–Crippen LogP) is 3.53. The average molecular weight is 308 g/mol. The molecule has 0 saturated carbocycles. The van der Waals surface area contributed by atoms with Crippen molar-refractivity contribution in [3.05, 3.63) is 46.1 Å². The van der Waals surface area contributed by atoms with E-state index in [4.69, 9.17) is 11.6 Å². The number of fused-ring (bicyclic) bond motifs is 1. The number of hydrogen-bond acceptors (Lipinski definition) is 3. The molecule has 20 heavy (non-hydrogen) atoms. The van der Waals surface area contributed by atoms with Crippen molar-refractivity contribution >= 4 is 35.1 Å². The Balaban J connectivity index is 2.13. The summed E-state index contributed by atoms with van der Waals surface area (Å²) in [5.74, 6) is 0.599. The number of halogens is 1.